The molecule has 29 heavy (non-hydrogen) atoms. The number of halogens is 1. The van der Waals surface area contributed by atoms with Gasteiger partial charge in [-0.05, 0) is 30.3 Å². The van der Waals surface area contributed by atoms with Crippen molar-refractivity contribution in [2.75, 3.05) is 32.4 Å². The SMILES string of the molecule is COc1ccc(OC)c(NC(=O)CSc2nnc(-c3cc(Cl)ccc3OC)o2)c1. The summed E-state index contributed by atoms with van der Waals surface area (Å²) >= 11 is 7.14. The average molecular weight is 436 g/mol. The molecular weight excluding hydrogens is 418 g/mol. The number of benzene rings is 2. The number of anilines is 1. The van der Waals surface area contributed by atoms with Gasteiger partial charge in [-0.1, -0.05) is 23.4 Å². The summed E-state index contributed by atoms with van der Waals surface area (Å²) in [5.74, 6) is 1.73. The third-order valence-corrected chi connectivity index (χ3v) is 4.86. The Bertz CT molecular complexity index is 1010. The van der Waals surface area contributed by atoms with E-state index < -0.39 is 0 Å². The van der Waals surface area contributed by atoms with Crippen LogP contribution in [0.25, 0.3) is 11.5 Å². The Morgan fingerprint density at radius 1 is 1.07 bits per heavy atom. The van der Waals surface area contributed by atoms with Crippen LogP contribution < -0.4 is 19.5 Å². The van der Waals surface area contributed by atoms with Crippen molar-refractivity contribution in [2.45, 2.75) is 5.22 Å². The fourth-order valence-corrected chi connectivity index (χ4v) is 3.18. The lowest BCUT2D eigenvalue weighted by molar-refractivity contribution is -0.113. The van der Waals surface area contributed by atoms with Gasteiger partial charge in [0.05, 0.1) is 38.3 Å². The number of nitrogens with zero attached hydrogens (tertiary/aromatic N) is 2. The molecule has 10 heteroatoms. The molecule has 0 aliphatic carbocycles. The van der Waals surface area contributed by atoms with E-state index in [1.54, 1.807) is 43.5 Å². The molecule has 0 aliphatic heterocycles. The number of methoxy groups -OCH3 is 3. The quantitative estimate of drug-likeness (QED) is 0.527. The second-order valence-corrected chi connectivity index (χ2v) is 6.98. The van der Waals surface area contributed by atoms with Crippen LogP contribution in [0.2, 0.25) is 5.02 Å². The van der Waals surface area contributed by atoms with E-state index in [9.17, 15) is 4.79 Å². The van der Waals surface area contributed by atoms with Crippen molar-refractivity contribution in [3.8, 4) is 28.7 Å². The number of thioether (sulfide) groups is 1. The molecule has 1 heterocycles. The van der Waals surface area contributed by atoms with Gasteiger partial charge in [0.15, 0.2) is 0 Å². The van der Waals surface area contributed by atoms with Gasteiger partial charge in [0.2, 0.25) is 5.91 Å². The van der Waals surface area contributed by atoms with Crippen molar-refractivity contribution < 1.29 is 23.4 Å². The van der Waals surface area contributed by atoms with Gasteiger partial charge in [0, 0.05) is 11.1 Å². The lowest BCUT2D eigenvalue weighted by Gasteiger charge is -2.11. The van der Waals surface area contributed by atoms with E-state index in [2.05, 4.69) is 15.5 Å². The minimum absolute atomic E-state index is 0.0642. The number of hydrogen-bond donors (Lipinski definition) is 1. The van der Waals surface area contributed by atoms with Gasteiger partial charge in [-0.2, -0.15) is 0 Å². The highest BCUT2D eigenvalue weighted by molar-refractivity contribution is 7.99. The molecule has 0 unspecified atom stereocenters. The van der Waals surface area contributed by atoms with Gasteiger partial charge in [-0.25, -0.2) is 0 Å². The first kappa shape index (κ1) is 20.8. The minimum atomic E-state index is -0.262. The van der Waals surface area contributed by atoms with E-state index in [1.165, 1.54) is 14.2 Å². The molecule has 3 rings (SSSR count). The maximum Gasteiger partial charge on any atom is 0.277 e. The number of ether oxygens (including phenoxy) is 3. The van der Waals surface area contributed by atoms with Crippen molar-refractivity contribution in [3.05, 3.63) is 41.4 Å². The molecule has 1 aromatic heterocycles. The minimum Gasteiger partial charge on any atom is -0.497 e. The van der Waals surface area contributed by atoms with Gasteiger partial charge in [-0.15, -0.1) is 10.2 Å². The number of carbonyl (C=O) groups is 1. The number of amides is 1. The molecule has 0 saturated carbocycles. The summed E-state index contributed by atoms with van der Waals surface area (Å²) in [6, 6.07) is 10.2. The summed E-state index contributed by atoms with van der Waals surface area (Å²) in [5, 5.41) is 11.5. The molecule has 0 bridgehead atoms. The van der Waals surface area contributed by atoms with E-state index in [4.69, 9.17) is 30.2 Å². The Hall–Kier alpha value is -2.91. The Morgan fingerprint density at radius 3 is 2.55 bits per heavy atom. The second kappa shape index (κ2) is 9.53. The first-order valence-electron chi connectivity index (χ1n) is 8.36. The van der Waals surface area contributed by atoms with E-state index in [0.717, 1.165) is 11.8 Å². The fraction of sp³-hybridized carbons (Fsp3) is 0.211. The summed E-state index contributed by atoms with van der Waals surface area (Å²) < 4.78 is 21.3. The van der Waals surface area contributed by atoms with Gasteiger partial charge in [0.25, 0.3) is 11.1 Å². The summed E-state index contributed by atoms with van der Waals surface area (Å²) in [6.45, 7) is 0. The van der Waals surface area contributed by atoms with Crippen molar-refractivity contribution in [2.24, 2.45) is 0 Å². The predicted octanol–water partition coefficient (Wildman–Crippen LogP) is 4.15. The zero-order valence-corrected chi connectivity index (χ0v) is 17.5. The molecule has 0 atom stereocenters. The zero-order chi connectivity index (χ0) is 20.8. The number of nitrogens with one attached hydrogen (secondary N) is 1. The van der Waals surface area contributed by atoms with E-state index in [1.807, 2.05) is 0 Å². The lowest BCUT2D eigenvalue weighted by atomic mass is 10.2. The van der Waals surface area contributed by atoms with Crippen LogP contribution in [0.3, 0.4) is 0 Å². The molecule has 1 N–H and O–H groups in total. The summed E-state index contributed by atoms with van der Waals surface area (Å²) in [6.07, 6.45) is 0. The standard InChI is InChI=1S/C19H18ClN3O5S/c1-25-12-5-7-16(27-3)14(9-12)21-17(24)10-29-19-23-22-18(28-19)13-8-11(20)4-6-15(13)26-2/h4-9H,10H2,1-3H3,(H,21,24). The highest BCUT2D eigenvalue weighted by atomic mass is 35.5. The molecule has 152 valence electrons. The summed E-state index contributed by atoms with van der Waals surface area (Å²) in [5.41, 5.74) is 1.08. The zero-order valence-electron chi connectivity index (χ0n) is 15.9. The molecule has 0 aliphatic rings. The molecule has 8 nitrogen and oxygen atoms in total. The number of carbonyl (C=O) groups excluding carboxylic acids is 1. The second-order valence-electron chi connectivity index (χ2n) is 5.62. The summed E-state index contributed by atoms with van der Waals surface area (Å²) in [7, 11) is 4.61. The fourth-order valence-electron chi connectivity index (χ4n) is 2.45. The van der Waals surface area contributed by atoms with Crippen molar-refractivity contribution >= 4 is 35.0 Å². The van der Waals surface area contributed by atoms with E-state index >= 15 is 0 Å². The molecule has 0 saturated heterocycles. The highest BCUT2D eigenvalue weighted by Gasteiger charge is 2.16. The highest BCUT2D eigenvalue weighted by Crippen LogP contribution is 2.33. The normalized spacial score (nSPS) is 10.5. The van der Waals surface area contributed by atoms with Crippen LogP contribution in [0.15, 0.2) is 46.0 Å². The molecular formula is C19H18ClN3O5S. The van der Waals surface area contributed by atoms with Crippen molar-refractivity contribution in [1.82, 2.24) is 10.2 Å². The Labute approximate surface area is 176 Å². The number of hydrogen-bond acceptors (Lipinski definition) is 8. The molecule has 0 radical (unpaired) electrons. The first-order valence-corrected chi connectivity index (χ1v) is 9.72. The smallest absolute Gasteiger partial charge is 0.277 e. The van der Waals surface area contributed by atoms with Crippen LogP contribution in [0.1, 0.15) is 0 Å². The van der Waals surface area contributed by atoms with Crippen molar-refractivity contribution in [1.29, 1.82) is 0 Å². The monoisotopic (exact) mass is 435 g/mol. The van der Waals surface area contributed by atoms with Gasteiger partial charge < -0.3 is 23.9 Å². The first-order chi connectivity index (χ1) is 14.0. The molecule has 0 spiro atoms. The van der Waals surface area contributed by atoms with Gasteiger partial charge in [-0.3, -0.25) is 4.79 Å². The predicted molar refractivity (Wildman–Crippen MR) is 110 cm³/mol. The van der Waals surface area contributed by atoms with Crippen LogP contribution in [0, 0.1) is 0 Å². The molecule has 1 amide bonds. The van der Waals surface area contributed by atoms with Crippen LogP contribution in [-0.2, 0) is 4.79 Å². The average Bonchev–Trinajstić information content (AvgIpc) is 3.21. The van der Waals surface area contributed by atoms with Gasteiger partial charge >= 0.3 is 0 Å². The third kappa shape index (κ3) is 5.12. The largest absolute Gasteiger partial charge is 0.497 e. The topological polar surface area (TPSA) is 95.7 Å². The lowest BCUT2D eigenvalue weighted by Crippen LogP contribution is -2.14. The van der Waals surface area contributed by atoms with Crippen LogP contribution in [0.5, 0.6) is 17.2 Å². The third-order valence-electron chi connectivity index (χ3n) is 3.81. The molecule has 2 aromatic carbocycles. The molecule has 0 fully saturated rings. The van der Waals surface area contributed by atoms with Gasteiger partial charge in [0.1, 0.15) is 17.2 Å². The Balaban J connectivity index is 1.66. The van der Waals surface area contributed by atoms with Crippen molar-refractivity contribution in [3.63, 3.8) is 0 Å². The van der Waals surface area contributed by atoms with Crippen LogP contribution in [0.4, 0.5) is 5.69 Å². The Kier molecular flexibility index (Phi) is 6.84. The van der Waals surface area contributed by atoms with Crippen LogP contribution >= 0.6 is 23.4 Å². The maximum atomic E-state index is 12.3. The van der Waals surface area contributed by atoms with E-state index in [-0.39, 0.29) is 22.8 Å². The summed E-state index contributed by atoms with van der Waals surface area (Å²) in [4.78, 5) is 12.3. The Morgan fingerprint density at radius 2 is 1.83 bits per heavy atom. The van der Waals surface area contributed by atoms with Crippen LogP contribution in [-0.4, -0.2) is 43.2 Å². The number of rotatable bonds is 8. The van der Waals surface area contributed by atoms with E-state index in [0.29, 0.717) is 33.5 Å². The molecule has 3 aromatic rings. The maximum absolute atomic E-state index is 12.3. The number of aromatic nitrogens is 2.